The summed E-state index contributed by atoms with van der Waals surface area (Å²) in [5.41, 5.74) is 5.72. The van der Waals surface area contributed by atoms with Crippen molar-refractivity contribution in [3.8, 4) is 5.75 Å². The van der Waals surface area contributed by atoms with Gasteiger partial charge in [-0.25, -0.2) is 21.9 Å². The molecule has 6 nitrogen and oxygen atoms in total. The second-order valence-corrected chi connectivity index (χ2v) is 6.37. The highest BCUT2D eigenvalue weighted by atomic mass is 79.9. The number of rotatable bonds is 6. The standard InChI is InChI=1S/C10H13BrF2N2O4S/c1-19-8-2-5(11)6(14)3-9(8)20(17,18)15-4-7(16)10(12)13/h2-3,7,10,15-16H,4,14H2,1H3. The maximum absolute atomic E-state index is 12.1. The topological polar surface area (TPSA) is 102 Å². The lowest BCUT2D eigenvalue weighted by Gasteiger charge is -2.14. The maximum atomic E-state index is 12.1. The van der Waals surface area contributed by atoms with Gasteiger partial charge in [0.15, 0.2) is 0 Å². The molecule has 0 fully saturated rings. The van der Waals surface area contributed by atoms with E-state index in [9.17, 15) is 17.2 Å². The van der Waals surface area contributed by atoms with Crippen LogP contribution < -0.4 is 15.2 Å². The number of nitrogens with two attached hydrogens (primary N) is 1. The molecule has 0 radical (unpaired) electrons. The first-order valence-corrected chi connectivity index (χ1v) is 7.55. The number of nitrogens with one attached hydrogen (secondary N) is 1. The highest BCUT2D eigenvalue weighted by Crippen LogP contribution is 2.32. The van der Waals surface area contributed by atoms with Crippen molar-refractivity contribution in [3.05, 3.63) is 16.6 Å². The zero-order valence-electron chi connectivity index (χ0n) is 10.3. The van der Waals surface area contributed by atoms with Crippen LogP contribution >= 0.6 is 15.9 Å². The van der Waals surface area contributed by atoms with E-state index in [4.69, 9.17) is 15.6 Å². The number of aliphatic hydroxyl groups is 1. The number of benzene rings is 1. The van der Waals surface area contributed by atoms with E-state index < -0.39 is 29.1 Å². The molecule has 0 amide bonds. The lowest BCUT2D eigenvalue weighted by atomic mass is 10.3. The monoisotopic (exact) mass is 374 g/mol. The first-order chi connectivity index (χ1) is 9.19. The Morgan fingerprint density at radius 3 is 2.60 bits per heavy atom. The van der Waals surface area contributed by atoms with Gasteiger partial charge in [-0.2, -0.15) is 0 Å². The lowest BCUT2D eigenvalue weighted by molar-refractivity contribution is -0.000454. The van der Waals surface area contributed by atoms with E-state index in [1.807, 2.05) is 4.72 Å². The van der Waals surface area contributed by atoms with Crippen LogP contribution in [0.4, 0.5) is 14.5 Å². The van der Waals surface area contributed by atoms with Crippen LogP contribution in [0.1, 0.15) is 0 Å². The summed E-state index contributed by atoms with van der Waals surface area (Å²) in [4.78, 5) is -0.304. The summed E-state index contributed by atoms with van der Waals surface area (Å²) < 4.78 is 55.4. The fraction of sp³-hybridized carbons (Fsp3) is 0.400. The summed E-state index contributed by atoms with van der Waals surface area (Å²) in [5.74, 6) is -0.00916. The van der Waals surface area contributed by atoms with Gasteiger partial charge < -0.3 is 15.6 Å². The summed E-state index contributed by atoms with van der Waals surface area (Å²) in [5, 5.41) is 8.92. The molecule has 0 spiro atoms. The Morgan fingerprint density at radius 2 is 2.10 bits per heavy atom. The molecular weight excluding hydrogens is 362 g/mol. The third-order valence-electron chi connectivity index (χ3n) is 2.35. The summed E-state index contributed by atoms with van der Waals surface area (Å²) >= 11 is 3.11. The molecule has 1 atom stereocenters. The van der Waals surface area contributed by atoms with Crippen LogP contribution in [0, 0.1) is 0 Å². The highest BCUT2D eigenvalue weighted by Gasteiger charge is 2.24. The van der Waals surface area contributed by atoms with Crippen LogP contribution in [0.25, 0.3) is 0 Å². The molecule has 4 N–H and O–H groups in total. The van der Waals surface area contributed by atoms with Crippen molar-refractivity contribution >= 4 is 31.6 Å². The van der Waals surface area contributed by atoms with Crippen molar-refractivity contribution in [1.29, 1.82) is 0 Å². The lowest BCUT2D eigenvalue weighted by Crippen LogP contribution is -2.36. The van der Waals surface area contributed by atoms with Crippen molar-refractivity contribution in [1.82, 2.24) is 4.72 Å². The van der Waals surface area contributed by atoms with Crippen molar-refractivity contribution in [2.24, 2.45) is 0 Å². The Bertz CT molecular complexity index is 583. The fourth-order valence-corrected chi connectivity index (χ4v) is 2.84. The summed E-state index contributed by atoms with van der Waals surface area (Å²) in [6, 6.07) is 2.47. The molecule has 1 aromatic rings. The Hall–Kier alpha value is -0.970. The summed E-state index contributed by atoms with van der Waals surface area (Å²) in [6.07, 6.45) is -5.14. The van der Waals surface area contributed by atoms with Gasteiger partial charge in [-0.15, -0.1) is 0 Å². The molecule has 0 aromatic heterocycles. The van der Waals surface area contributed by atoms with E-state index in [0.29, 0.717) is 4.47 Å². The second-order valence-electron chi connectivity index (χ2n) is 3.78. The number of ether oxygens (including phenoxy) is 1. The molecule has 1 unspecified atom stereocenters. The summed E-state index contributed by atoms with van der Waals surface area (Å²) in [6.45, 7) is -0.820. The van der Waals surface area contributed by atoms with Crippen molar-refractivity contribution in [2.75, 3.05) is 19.4 Å². The Morgan fingerprint density at radius 1 is 1.50 bits per heavy atom. The maximum Gasteiger partial charge on any atom is 0.265 e. The quantitative estimate of drug-likeness (QED) is 0.643. The van der Waals surface area contributed by atoms with Gasteiger partial charge in [0, 0.05) is 16.7 Å². The van der Waals surface area contributed by atoms with Gasteiger partial charge in [0.25, 0.3) is 6.43 Å². The molecule has 0 bridgehead atoms. The number of halogens is 3. The Labute approximate surface area is 123 Å². The molecule has 0 heterocycles. The average Bonchev–Trinajstić information content (AvgIpc) is 2.38. The van der Waals surface area contributed by atoms with Crippen LogP contribution in [0.5, 0.6) is 5.75 Å². The van der Waals surface area contributed by atoms with E-state index in [0.717, 1.165) is 6.07 Å². The fourth-order valence-electron chi connectivity index (χ4n) is 1.28. The number of sulfonamides is 1. The minimum atomic E-state index is -4.14. The number of aliphatic hydroxyl groups excluding tert-OH is 1. The molecule has 114 valence electrons. The molecule has 20 heavy (non-hydrogen) atoms. The predicted molar refractivity (Wildman–Crippen MR) is 72.3 cm³/mol. The number of nitrogen functional groups attached to an aromatic ring is 1. The van der Waals surface area contributed by atoms with Gasteiger partial charge in [-0.05, 0) is 28.1 Å². The van der Waals surface area contributed by atoms with Crippen molar-refractivity contribution in [2.45, 2.75) is 17.4 Å². The predicted octanol–water partition coefficient (Wildman–Crippen LogP) is 0.944. The first-order valence-electron chi connectivity index (χ1n) is 5.28. The number of methoxy groups -OCH3 is 1. The van der Waals surface area contributed by atoms with E-state index in [2.05, 4.69) is 15.9 Å². The summed E-state index contributed by atoms with van der Waals surface area (Å²) in [7, 11) is -2.89. The zero-order valence-corrected chi connectivity index (χ0v) is 12.7. The van der Waals surface area contributed by atoms with Crippen molar-refractivity contribution < 1.29 is 27.0 Å². The highest BCUT2D eigenvalue weighted by molar-refractivity contribution is 9.10. The largest absolute Gasteiger partial charge is 0.495 e. The SMILES string of the molecule is COc1cc(Br)c(N)cc1S(=O)(=O)NCC(O)C(F)F. The molecule has 0 aliphatic carbocycles. The first kappa shape index (κ1) is 17.1. The third-order valence-corrected chi connectivity index (χ3v) is 4.48. The Kier molecular flexibility index (Phi) is 5.68. The number of hydrogen-bond acceptors (Lipinski definition) is 5. The van der Waals surface area contributed by atoms with Gasteiger partial charge in [0.05, 0.1) is 7.11 Å². The number of anilines is 1. The molecule has 1 aromatic carbocycles. The molecule has 0 saturated carbocycles. The molecule has 0 saturated heterocycles. The van der Waals surface area contributed by atoms with Crippen LogP contribution in [-0.4, -0.2) is 39.7 Å². The smallest absolute Gasteiger partial charge is 0.265 e. The van der Waals surface area contributed by atoms with Crippen LogP contribution in [0.3, 0.4) is 0 Å². The molecule has 10 heteroatoms. The molecule has 0 aliphatic rings. The number of hydrogen-bond donors (Lipinski definition) is 3. The van der Waals surface area contributed by atoms with E-state index in [1.54, 1.807) is 0 Å². The van der Waals surface area contributed by atoms with Crippen LogP contribution in [0.2, 0.25) is 0 Å². The molecule has 0 aliphatic heterocycles. The molecule has 1 rings (SSSR count). The minimum absolute atomic E-state index is 0.00916. The van der Waals surface area contributed by atoms with Gasteiger partial charge in [-0.1, -0.05) is 0 Å². The van der Waals surface area contributed by atoms with E-state index in [-0.39, 0.29) is 16.3 Å². The van der Waals surface area contributed by atoms with Gasteiger partial charge in [-0.3, -0.25) is 0 Å². The van der Waals surface area contributed by atoms with Crippen molar-refractivity contribution in [3.63, 3.8) is 0 Å². The second kappa shape index (κ2) is 6.66. The van der Waals surface area contributed by atoms with Gasteiger partial charge >= 0.3 is 0 Å². The zero-order chi connectivity index (χ0) is 15.5. The normalized spacial score (nSPS) is 13.5. The van der Waals surface area contributed by atoms with E-state index in [1.165, 1.54) is 13.2 Å². The van der Waals surface area contributed by atoms with Gasteiger partial charge in [0.2, 0.25) is 10.0 Å². The molecular formula is C10H13BrF2N2O4S. The minimum Gasteiger partial charge on any atom is -0.495 e. The van der Waals surface area contributed by atoms with Crippen LogP contribution in [0.15, 0.2) is 21.5 Å². The Balaban J connectivity index is 3.06. The van der Waals surface area contributed by atoms with Crippen LogP contribution in [-0.2, 0) is 10.0 Å². The third kappa shape index (κ3) is 4.01. The van der Waals surface area contributed by atoms with Gasteiger partial charge in [0.1, 0.15) is 16.7 Å². The van der Waals surface area contributed by atoms with E-state index >= 15 is 0 Å². The average molecular weight is 375 g/mol. The number of alkyl halides is 2.